The first-order valence-corrected chi connectivity index (χ1v) is 5.07. The second kappa shape index (κ2) is 3.56. The monoisotopic (exact) mass is 196 g/mol. The minimum Gasteiger partial charge on any atom is -0.225 e. The number of hydrogen-bond donors (Lipinski definition) is 1. The summed E-state index contributed by atoms with van der Waals surface area (Å²) in [5.41, 5.74) is 0.647. The van der Waals surface area contributed by atoms with Gasteiger partial charge in [-0.1, -0.05) is 12.1 Å². The highest BCUT2D eigenvalue weighted by atomic mass is 32.2. The molecule has 1 aromatic carbocycles. The number of rotatable bonds is 2. The van der Waals surface area contributed by atoms with Gasteiger partial charge in [0.2, 0.25) is 10.0 Å². The number of sulfonamides is 1. The quantitative estimate of drug-likeness (QED) is 0.743. The van der Waals surface area contributed by atoms with E-state index < -0.39 is 10.0 Å². The fourth-order valence-corrected chi connectivity index (χ4v) is 1.51. The van der Waals surface area contributed by atoms with Crippen molar-refractivity contribution in [1.29, 1.82) is 5.26 Å². The van der Waals surface area contributed by atoms with Crippen LogP contribution in [0.5, 0.6) is 0 Å². The molecule has 0 aliphatic heterocycles. The second-order valence-electron chi connectivity index (χ2n) is 2.53. The van der Waals surface area contributed by atoms with Gasteiger partial charge in [0.1, 0.15) is 0 Å². The van der Waals surface area contributed by atoms with Gasteiger partial charge in [0.15, 0.2) is 0 Å². The van der Waals surface area contributed by atoms with Crippen LogP contribution in [0.3, 0.4) is 0 Å². The maximum Gasteiger partial charge on any atom is 0.238 e. The second-order valence-corrected chi connectivity index (χ2v) is 4.09. The first-order valence-electron chi connectivity index (χ1n) is 3.53. The van der Waals surface area contributed by atoms with Gasteiger partial charge in [-0.3, -0.25) is 0 Å². The van der Waals surface area contributed by atoms with Crippen LogP contribution in [0, 0.1) is 11.3 Å². The Morgan fingerprint density at radius 3 is 2.69 bits per heavy atom. The molecule has 0 aliphatic carbocycles. The largest absolute Gasteiger partial charge is 0.238 e. The first-order chi connectivity index (χ1) is 6.04. The lowest BCUT2D eigenvalue weighted by Gasteiger charge is -1.99. The van der Waals surface area contributed by atoms with E-state index in [2.05, 4.69) is 0 Å². The van der Waals surface area contributed by atoms with E-state index in [1.54, 1.807) is 12.1 Å². The van der Waals surface area contributed by atoms with E-state index in [1.165, 1.54) is 12.1 Å². The average Bonchev–Trinajstić information content (AvgIpc) is 2.04. The fraction of sp³-hybridized carbons (Fsp3) is 0.125. The van der Waals surface area contributed by atoms with Crippen molar-refractivity contribution < 1.29 is 8.42 Å². The molecule has 1 rings (SSSR count). The molecule has 0 heterocycles. The zero-order chi connectivity index (χ0) is 9.90. The van der Waals surface area contributed by atoms with Gasteiger partial charge in [-0.05, 0) is 17.7 Å². The molecule has 0 saturated carbocycles. The SMILES string of the molecule is N#CCc1cccc(S(N)(=O)=O)c1. The third-order valence-electron chi connectivity index (χ3n) is 1.51. The molecule has 0 atom stereocenters. The normalized spacial score (nSPS) is 10.8. The smallest absolute Gasteiger partial charge is 0.225 e. The molecule has 0 unspecified atom stereocenters. The van der Waals surface area contributed by atoms with Gasteiger partial charge in [0.05, 0.1) is 17.4 Å². The van der Waals surface area contributed by atoms with Crippen LogP contribution in [0.4, 0.5) is 0 Å². The Labute approximate surface area is 76.7 Å². The van der Waals surface area contributed by atoms with Crippen molar-refractivity contribution in [3.05, 3.63) is 29.8 Å². The summed E-state index contributed by atoms with van der Waals surface area (Å²) in [6.45, 7) is 0. The minimum atomic E-state index is -3.65. The number of hydrogen-bond acceptors (Lipinski definition) is 3. The van der Waals surface area contributed by atoms with Crippen LogP contribution >= 0.6 is 0 Å². The highest BCUT2D eigenvalue weighted by molar-refractivity contribution is 7.89. The standard InChI is InChI=1S/C8H8N2O2S/c9-5-4-7-2-1-3-8(6-7)13(10,11)12/h1-3,6H,4H2,(H2,10,11,12). The van der Waals surface area contributed by atoms with E-state index >= 15 is 0 Å². The maximum atomic E-state index is 10.9. The highest BCUT2D eigenvalue weighted by Crippen LogP contribution is 2.09. The van der Waals surface area contributed by atoms with Crippen LogP contribution in [0.1, 0.15) is 5.56 Å². The molecule has 0 fully saturated rings. The predicted octanol–water partition coefficient (Wildman–Crippen LogP) is 0.400. The molecular formula is C8H8N2O2S. The molecule has 0 aliphatic rings. The van der Waals surface area contributed by atoms with Gasteiger partial charge in [0.25, 0.3) is 0 Å². The zero-order valence-corrected chi connectivity index (χ0v) is 7.58. The predicted molar refractivity (Wildman–Crippen MR) is 47.1 cm³/mol. The summed E-state index contributed by atoms with van der Waals surface area (Å²) in [6, 6.07) is 7.97. The van der Waals surface area contributed by atoms with E-state index in [-0.39, 0.29) is 11.3 Å². The number of nitrogens with two attached hydrogens (primary N) is 1. The summed E-state index contributed by atoms with van der Waals surface area (Å²) in [7, 11) is -3.65. The van der Waals surface area contributed by atoms with E-state index in [0.29, 0.717) is 5.56 Å². The van der Waals surface area contributed by atoms with Crippen molar-refractivity contribution in [2.75, 3.05) is 0 Å². The van der Waals surface area contributed by atoms with Gasteiger partial charge in [-0.25, -0.2) is 13.6 Å². The Bertz CT molecular complexity index is 445. The molecule has 0 radical (unpaired) electrons. The molecule has 68 valence electrons. The third kappa shape index (κ3) is 2.54. The molecular weight excluding hydrogens is 188 g/mol. The van der Waals surface area contributed by atoms with Gasteiger partial charge < -0.3 is 0 Å². The Morgan fingerprint density at radius 1 is 1.46 bits per heavy atom. The molecule has 4 nitrogen and oxygen atoms in total. The van der Waals surface area contributed by atoms with Crippen LogP contribution in [0.25, 0.3) is 0 Å². The van der Waals surface area contributed by atoms with Crippen molar-refractivity contribution >= 4 is 10.0 Å². The molecule has 13 heavy (non-hydrogen) atoms. The lowest BCUT2D eigenvalue weighted by molar-refractivity contribution is 0.597. The van der Waals surface area contributed by atoms with Crippen molar-refractivity contribution in [1.82, 2.24) is 0 Å². The van der Waals surface area contributed by atoms with Gasteiger partial charge in [-0.2, -0.15) is 5.26 Å². The molecule has 0 amide bonds. The average molecular weight is 196 g/mol. The van der Waals surface area contributed by atoms with E-state index in [1.807, 2.05) is 6.07 Å². The van der Waals surface area contributed by atoms with Crippen molar-refractivity contribution in [3.8, 4) is 6.07 Å². The summed E-state index contributed by atoms with van der Waals surface area (Å²) in [5.74, 6) is 0. The maximum absolute atomic E-state index is 10.9. The molecule has 0 saturated heterocycles. The molecule has 5 heteroatoms. The van der Waals surface area contributed by atoms with E-state index in [9.17, 15) is 8.42 Å². The third-order valence-corrected chi connectivity index (χ3v) is 2.42. The number of primary sulfonamides is 1. The number of benzene rings is 1. The molecule has 1 aromatic rings. The Hall–Kier alpha value is -1.38. The molecule has 2 N–H and O–H groups in total. The van der Waals surface area contributed by atoms with E-state index in [4.69, 9.17) is 10.4 Å². The van der Waals surface area contributed by atoms with Gasteiger partial charge >= 0.3 is 0 Å². The topological polar surface area (TPSA) is 83.9 Å². The number of nitriles is 1. The molecule has 0 bridgehead atoms. The lowest BCUT2D eigenvalue weighted by atomic mass is 10.2. The molecule has 0 spiro atoms. The summed E-state index contributed by atoms with van der Waals surface area (Å²) in [4.78, 5) is 0.0419. The summed E-state index contributed by atoms with van der Waals surface area (Å²) >= 11 is 0. The van der Waals surface area contributed by atoms with Crippen molar-refractivity contribution in [3.63, 3.8) is 0 Å². The van der Waals surface area contributed by atoms with Crippen LogP contribution in [0.15, 0.2) is 29.2 Å². The summed E-state index contributed by atoms with van der Waals surface area (Å²) in [5, 5.41) is 13.3. The van der Waals surface area contributed by atoms with Gasteiger partial charge in [0, 0.05) is 0 Å². The first kappa shape index (κ1) is 9.71. The van der Waals surface area contributed by atoms with E-state index in [0.717, 1.165) is 0 Å². The number of nitrogens with zero attached hydrogens (tertiary/aromatic N) is 1. The lowest BCUT2D eigenvalue weighted by Crippen LogP contribution is -2.12. The Kier molecular flexibility index (Phi) is 2.66. The van der Waals surface area contributed by atoms with Crippen molar-refractivity contribution in [2.45, 2.75) is 11.3 Å². The van der Waals surface area contributed by atoms with Crippen molar-refractivity contribution in [2.24, 2.45) is 5.14 Å². The molecule has 0 aromatic heterocycles. The Balaban J connectivity index is 3.15. The summed E-state index contributed by atoms with van der Waals surface area (Å²) in [6.07, 6.45) is 0.184. The van der Waals surface area contributed by atoms with Crippen LogP contribution in [-0.4, -0.2) is 8.42 Å². The fourth-order valence-electron chi connectivity index (χ4n) is 0.924. The Morgan fingerprint density at radius 2 is 2.15 bits per heavy atom. The highest BCUT2D eigenvalue weighted by Gasteiger charge is 2.06. The minimum absolute atomic E-state index is 0.0419. The van der Waals surface area contributed by atoms with Crippen LogP contribution in [0.2, 0.25) is 0 Å². The van der Waals surface area contributed by atoms with Crippen LogP contribution in [-0.2, 0) is 16.4 Å². The zero-order valence-electron chi connectivity index (χ0n) is 6.77. The van der Waals surface area contributed by atoms with Gasteiger partial charge in [-0.15, -0.1) is 0 Å². The van der Waals surface area contributed by atoms with Crippen LogP contribution < -0.4 is 5.14 Å². The summed E-state index contributed by atoms with van der Waals surface area (Å²) < 4.78 is 21.8.